The lowest BCUT2D eigenvalue weighted by Gasteiger charge is -2.37. The summed E-state index contributed by atoms with van der Waals surface area (Å²) in [6, 6.07) is 7.78. The van der Waals surface area contributed by atoms with Gasteiger partial charge in [-0.3, -0.25) is 9.59 Å². The van der Waals surface area contributed by atoms with Crippen LogP contribution < -0.4 is 10.2 Å². The van der Waals surface area contributed by atoms with Gasteiger partial charge in [0.2, 0.25) is 5.91 Å². The minimum absolute atomic E-state index is 0.00516. The van der Waals surface area contributed by atoms with Gasteiger partial charge in [0.25, 0.3) is 0 Å². The van der Waals surface area contributed by atoms with E-state index in [0.29, 0.717) is 24.4 Å². The van der Waals surface area contributed by atoms with Crippen molar-refractivity contribution < 1.29 is 9.59 Å². The molecule has 2 aliphatic carbocycles. The molecule has 1 aromatic heterocycles. The maximum atomic E-state index is 13.1. The SMILES string of the molecule is O=C(Nc1nc2ccccc2nc1N1CCCC1)C1CC2CCCC(C1)C2=O. The summed E-state index contributed by atoms with van der Waals surface area (Å²) in [7, 11) is 0. The lowest BCUT2D eigenvalue weighted by Crippen LogP contribution is -2.40. The highest BCUT2D eigenvalue weighted by atomic mass is 16.2. The minimum atomic E-state index is -0.104. The van der Waals surface area contributed by atoms with Crippen LogP contribution in [0.5, 0.6) is 0 Å². The van der Waals surface area contributed by atoms with Crippen molar-refractivity contribution in [3.63, 3.8) is 0 Å². The molecule has 2 heterocycles. The number of aromatic nitrogens is 2. The molecule has 1 N–H and O–H groups in total. The van der Waals surface area contributed by atoms with E-state index in [2.05, 4.69) is 10.2 Å². The highest BCUT2D eigenvalue weighted by Gasteiger charge is 2.41. The number of rotatable bonds is 3. The molecule has 2 saturated carbocycles. The molecule has 3 aliphatic rings. The van der Waals surface area contributed by atoms with Crippen LogP contribution in [-0.2, 0) is 9.59 Å². The molecule has 1 saturated heterocycles. The van der Waals surface area contributed by atoms with Crippen molar-refractivity contribution in [2.45, 2.75) is 44.9 Å². The van der Waals surface area contributed by atoms with Crippen molar-refractivity contribution in [1.29, 1.82) is 0 Å². The summed E-state index contributed by atoms with van der Waals surface area (Å²) in [5.41, 5.74) is 1.64. The summed E-state index contributed by atoms with van der Waals surface area (Å²) in [5.74, 6) is 1.76. The molecule has 6 nitrogen and oxygen atoms in total. The number of nitrogens with one attached hydrogen (secondary N) is 1. The highest BCUT2D eigenvalue weighted by molar-refractivity contribution is 5.97. The van der Waals surface area contributed by atoms with Crippen LogP contribution >= 0.6 is 0 Å². The maximum absolute atomic E-state index is 13.1. The predicted octanol–water partition coefficient (Wildman–Crippen LogP) is 3.56. The van der Waals surface area contributed by atoms with Gasteiger partial charge in [0.05, 0.1) is 11.0 Å². The first-order valence-corrected chi connectivity index (χ1v) is 10.6. The summed E-state index contributed by atoms with van der Waals surface area (Å²) in [6.07, 6.45) is 6.63. The number of carbonyl (C=O) groups excluding carboxylic acids is 2. The fraction of sp³-hybridized carbons (Fsp3) is 0.545. The maximum Gasteiger partial charge on any atom is 0.228 e. The lowest BCUT2D eigenvalue weighted by atomic mass is 9.67. The molecular weight excluding hydrogens is 352 g/mol. The topological polar surface area (TPSA) is 75.2 Å². The van der Waals surface area contributed by atoms with E-state index in [1.54, 1.807) is 0 Å². The van der Waals surface area contributed by atoms with Gasteiger partial charge < -0.3 is 10.2 Å². The van der Waals surface area contributed by atoms with Gasteiger partial charge >= 0.3 is 0 Å². The number of para-hydroxylation sites is 2. The Morgan fingerprint density at radius 2 is 1.61 bits per heavy atom. The van der Waals surface area contributed by atoms with Gasteiger partial charge in [-0.1, -0.05) is 18.6 Å². The van der Waals surface area contributed by atoms with Crippen LogP contribution in [-0.4, -0.2) is 34.7 Å². The van der Waals surface area contributed by atoms with Gasteiger partial charge in [-0.2, -0.15) is 0 Å². The van der Waals surface area contributed by atoms with Crippen LogP contribution in [0.4, 0.5) is 11.6 Å². The number of carbonyl (C=O) groups is 2. The van der Waals surface area contributed by atoms with E-state index >= 15 is 0 Å². The molecular formula is C22H26N4O2. The third kappa shape index (κ3) is 3.15. The monoisotopic (exact) mass is 378 g/mol. The van der Waals surface area contributed by atoms with Crippen LogP contribution in [0.25, 0.3) is 11.0 Å². The van der Waals surface area contributed by atoms with Crippen molar-refractivity contribution in [3.8, 4) is 0 Å². The molecule has 1 aliphatic heterocycles. The minimum Gasteiger partial charge on any atom is -0.354 e. The fourth-order valence-corrected chi connectivity index (χ4v) is 5.14. The van der Waals surface area contributed by atoms with Gasteiger partial charge in [-0.05, 0) is 50.7 Å². The first-order chi connectivity index (χ1) is 13.7. The van der Waals surface area contributed by atoms with Crippen LogP contribution in [0.3, 0.4) is 0 Å². The fourth-order valence-electron chi connectivity index (χ4n) is 5.14. The number of anilines is 2. The molecule has 5 rings (SSSR count). The number of Topliss-reactive ketones (excluding diaryl/α,β-unsaturated/α-hetero) is 1. The Bertz CT molecular complexity index is 906. The number of nitrogens with zero attached hydrogens (tertiary/aromatic N) is 3. The smallest absolute Gasteiger partial charge is 0.228 e. The highest BCUT2D eigenvalue weighted by Crippen LogP contribution is 2.40. The third-order valence-corrected chi connectivity index (χ3v) is 6.62. The number of benzene rings is 1. The molecule has 0 radical (unpaired) electrons. The first kappa shape index (κ1) is 17.6. The summed E-state index contributed by atoms with van der Waals surface area (Å²) in [5, 5.41) is 3.09. The average molecular weight is 378 g/mol. The third-order valence-electron chi connectivity index (χ3n) is 6.62. The van der Waals surface area contributed by atoms with E-state index in [4.69, 9.17) is 9.97 Å². The van der Waals surface area contributed by atoms with E-state index in [9.17, 15) is 9.59 Å². The second-order valence-corrected chi connectivity index (χ2v) is 8.46. The molecule has 1 aromatic carbocycles. The van der Waals surface area contributed by atoms with E-state index < -0.39 is 0 Å². The van der Waals surface area contributed by atoms with E-state index in [-0.39, 0.29) is 23.7 Å². The second-order valence-electron chi connectivity index (χ2n) is 8.46. The summed E-state index contributed by atoms with van der Waals surface area (Å²) < 4.78 is 0. The Morgan fingerprint density at radius 3 is 2.29 bits per heavy atom. The zero-order chi connectivity index (χ0) is 19.1. The number of amides is 1. The molecule has 2 aromatic rings. The van der Waals surface area contributed by atoms with E-state index in [1.807, 2.05) is 24.3 Å². The summed E-state index contributed by atoms with van der Waals surface area (Å²) >= 11 is 0. The predicted molar refractivity (Wildman–Crippen MR) is 108 cm³/mol. The number of ketones is 1. The Kier molecular flexibility index (Phi) is 4.49. The Labute approximate surface area is 164 Å². The number of hydrogen-bond donors (Lipinski definition) is 1. The largest absolute Gasteiger partial charge is 0.354 e. The van der Waals surface area contributed by atoms with Crippen molar-refractivity contribution in [2.75, 3.05) is 23.3 Å². The van der Waals surface area contributed by atoms with Gasteiger partial charge in [0, 0.05) is 30.8 Å². The van der Waals surface area contributed by atoms with Crippen molar-refractivity contribution in [2.24, 2.45) is 17.8 Å². The molecule has 0 spiro atoms. The lowest BCUT2D eigenvalue weighted by molar-refractivity contribution is -0.136. The van der Waals surface area contributed by atoms with Crippen molar-refractivity contribution >= 4 is 34.4 Å². The zero-order valence-corrected chi connectivity index (χ0v) is 16.1. The number of fused-ring (bicyclic) bond motifs is 3. The Morgan fingerprint density at radius 1 is 0.964 bits per heavy atom. The molecule has 2 atom stereocenters. The number of hydrogen-bond acceptors (Lipinski definition) is 5. The summed E-state index contributed by atoms with van der Waals surface area (Å²) in [6.45, 7) is 1.88. The molecule has 2 bridgehead atoms. The second kappa shape index (κ2) is 7.15. The molecule has 28 heavy (non-hydrogen) atoms. The van der Waals surface area contributed by atoms with Crippen molar-refractivity contribution in [3.05, 3.63) is 24.3 Å². The molecule has 3 fully saturated rings. The zero-order valence-electron chi connectivity index (χ0n) is 16.1. The van der Waals surface area contributed by atoms with E-state index in [0.717, 1.165) is 62.0 Å². The van der Waals surface area contributed by atoms with E-state index in [1.165, 1.54) is 0 Å². The van der Waals surface area contributed by atoms with Gasteiger partial charge in [0.15, 0.2) is 11.6 Å². The quantitative estimate of drug-likeness (QED) is 0.884. The molecule has 146 valence electrons. The summed E-state index contributed by atoms with van der Waals surface area (Å²) in [4.78, 5) is 37.2. The average Bonchev–Trinajstić information content (AvgIpc) is 3.22. The molecule has 1 amide bonds. The van der Waals surface area contributed by atoms with Crippen LogP contribution in [0.2, 0.25) is 0 Å². The van der Waals surface area contributed by atoms with Gasteiger partial charge in [-0.15, -0.1) is 0 Å². The molecule has 6 heteroatoms. The van der Waals surface area contributed by atoms with Crippen LogP contribution in [0, 0.1) is 17.8 Å². The van der Waals surface area contributed by atoms with Gasteiger partial charge in [0.1, 0.15) is 5.78 Å². The first-order valence-electron chi connectivity index (χ1n) is 10.6. The molecule has 2 unspecified atom stereocenters. The standard InChI is InChI=1S/C22H26N4O2/c27-19-14-6-5-7-15(19)13-16(12-14)22(28)25-20-21(26-10-3-4-11-26)24-18-9-2-1-8-17(18)23-20/h1-2,8-9,14-16H,3-7,10-13H2,(H,23,25,28). The Balaban J connectivity index is 1.43. The van der Waals surface area contributed by atoms with Gasteiger partial charge in [-0.25, -0.2) is 9.97 Å². The Hall–Kier alpha value is -2.50. The van der Waals surface area contributed by atoms with Crippen LogP contribution in [0.1, 0.15) is 44.9 Å². The van der Waals surface area contributed by atoms with Crippen LogP contribution in [0.15, 0.2) is 24.3 Å². The normalized spacial score (nSPS) is 27.2. The van der Waals surface area contributed by atoms with Crippen molar-refractivity contribution in [1.82, 2.24) is 9.97 Å².